The number of halogens is 2. The van der Waals surface area contributed by atoms with Crippen LogP contribution in [0.5, 0.6) is 0 Å². The fourth-order valence-electron chi connectivity index (χ4n) is 1.69. The first-order valence-electron chi connectivity index (χ1n) is 5.97. The van der Waals surface area contributed by atoms with E-state index in [1.165, 1.54) is 9.35 Å². The van der Waals surface area contributed by atoms with Crippen LogP contribution < -0.4 is 5.32 Å². The van der Waals surface area contributed by atoms with Crippen LogP contribution in [0.1, 0.15) is 4.88 Å². The van der Waals surface area contributed by atoms with E-state index in [9.17, 15) is 0 Å². The molecule has 0 aliphatic heterocycles. The molecule has 0 amide bonds. The van der Waals surface area contributed by atoms with Crippen molar-refractivity contribution in [3.8, 4) is 0 Å². The molecule has 1 aromatic carbocycles. The van der Waals surface area contributed by atoms with Gasteiger partial charge in [-0.15, -0.1) is 23.1 Å². The maximum atomic E-state index is 6.17. The highest BCUT2D eigenvalue weighted by atomic mass is 79.9. The standard InChI is InChI=1S/C14H15BrClNS2/c1-17-10(8-14-11(15)6-7-18-14)9-19-13-5-3-2-4-12(13)16/h2-7,10,17H,8-9H2,1H3. The van der Waals surface area contributed by atoms with Crippen LogP contribution in [0.3, 0.4) is 0 Å². The van der Waals surface area contributed by atoms with Gasteiger partial charge >= 0.3 is 0 Å². The Morgan fingerprint density at radius 3 is 2.79 bits per heavy atom. The maximum Gasteiger partial charge on any atom is 0.0541 e. The summed E-state index contributed by atoms with van der Waals surface area (Å²) >= 11 is 13.4. The van der Waals surface area contributed by atoms with Crippen molar-refractivity contribution >= 4 is 50.6 Å². The molecule has 102 valence electrons. The second-order valence-electron chi connectivity index (χ2n) is 4.12. The van der Waals surface area contributed by atoms with Crippen molar-refractivity contribution in [2.24, 2.45) is 0 Å². The number of benzene rings is 1. The fraction of sp³-hybridized carbons (Fsp3) is 0.286. The number of hydrogen-bond donors (Lipinski definition) is 1. The highest BCUT2D eigenvalue weighted by molar-refractivity contribution is 9.10. The van der Waals surface area contributed by atoms with E-state index < -0.39 is 0 Å². The van der Waals surface area contributed by atoms with E-state index in [0.29, 0.717) is 6.04 Å². The van der Waals surface area contributed by atoms with Crippen molar-refractivity contribution in [3.05, 3.63) is 50.1 Å². The van der Waals surface area contributed by atoms with Gasteiger partial charge in [-0.05, 0) is 53.0 Å². The summed E-state index contributed by atoms with van der Waals surface area (Å²) in [6, 6.07) is 10.5. The lowest BCUT2D eigenvalue weighted by molar-refractivity contribution is 0.621. The van der Waals surface area contributed by atoms with Crippen molar-refractivity contribution < 1.29 is 0 Å². The Balaban J connectivity index is 1.93. The average Bonchev–Trinajstić information content (AvgIpc) is 2.81. The fourth-order valence-corrected chi connectivity index (χ4v) is 4.63. The molecule has 0 aliphatic carbocycles. The number of hydrogen-bond acceptors (Lipinski definition) is 3. The molecule has 0 bridgehead atoms. The van der Waals surface area contributed by atoms with Crippen LogP contribution in [0, 0.1) is 0 Å². The van der Waals surface area contributed by atoms with E-state index >= 15 is 0 Å². The van der Waals surface area contributed by atoms with Crippen LogP contribution >= 0.6 is 50.6 Å². The van der Waals surface area contributed by atoms with Crippen molar-refractivity contribution in [1.29, 1.82) is 0 Å². The third-order valence-electron chi connectivity index (χ3n) is 2.81. The van der Waals surface area contributed by atoms with E-state index in [-0.39, 0.29) is 0 Å². The maximum absolute atomic E-state index is 6.17. The number of nitrogens with one attached hydrogen (secondary N) is 1. The first-order chi connectivity index (χ1) is 9.20. The van der Waals surface area contributed by atoms with Crippen molar-refractivity contribution in [1.82, 2.24) is 5.32 Å². The normalized spacial score (nSPS) is 12.6. The first kappa shape index (κ1) is 15.4. The number of rotatable bonds is 6. The molecule has 1 N–H and O–H groups in total. The average molecular weight is 377 g/mol. The highest BCUT2D eigenvalue weighted by Gasteiger charge is 2.12. The second kappa shape index (κ2) is 7.70. The van der Waals surface area contributed by atoms with Gasteiger partial charge in [-0.25, -0.2) is 0 Å². The summed E-state index contributed by atoms with van der Waals surface area (Å²) in [6.45, 7) is 0. The minimum absolute atomic E-state index is 0.441. The lowest BCUT2D eigenvalue weighted by Crippen LogP contribution is -2.29. The van der Waals surface area contributed by atoms with Crippen molar-refractivity contribution in [2.75, 3.05) is 12.8 Å². The van der Waals surface area contributed by atoms with E-state index in [0.717, 1.165) is 22.1 Å². The largest absolute Gasteiger partial charge is 0.316 e. The summed E-state index contributed by atoms with van der Waals surface area (Å²) in [4.78, 5) is 2.54. The van der Waals surface area contributed by atoms with Gasteiger partial charge in [-0.1, -0.05) is 23.7 Å². The minimum atomic E-state index is 0.441. The summed E-state index contributed by atoms with van der Waals surface area (Å²) in [5.74, 6) is 1.00. The van der Waals surface area contributed by atoms with Crippen molar-refractivity contribution in [3.63, 3.8) is 0 Å². The summed E-state index contributed by atoms with van der Waals surface area (Å²) in [5.41, 5.74) is 0. The molecule has 0 radical (unpaired) electrons. The molecule has 1 nitrogen and oxygen atoms in total. The minimum Gasteiger partial charge on any atom is -0.316 e. The highest BCUT2D eigenvalue weighted by Crippen LogP contribution is 2.29. The van der Waals surface area contributed by atoms with Gasteiger partial charge in [-0.3, -0.25) is 0 Å². The Morgan fingerprint density at radius 1 is 1.37 bits per heavy atom. The Bertz CT molecular complexity index is 530. The van der Waals surface area contributed by atoms with E-state index in [1.807, 2.05) is 25.2 Å². The van der Waals surface area contributed by atoms with Crippen LogP contribution in [-0.4, -0.2) is 18.8 Å². The van der Waals surface area contributed by atoms with Crippen LogP contribution in [0.4, 0.5) is 0 Å². The molecular formula is C14H15BrClNS2. The van der Waals surface area contributed by atoms with E-state index in [2.05, 4.69) is 38.8 Å². The van der Waals surface area contributed by atoms with Gasteiger partial charge in [-0.2, -0.15) is 0 Å². The van der Waals surface area contributed by atoms with Gasteiger partial charge in [0.05, 0.1) is 5.02 Å². The monoisotopic (exact) mass is 375 g/mol. The molecule has 5 heteroatoms. The molecule has 2 aromatic rings. The van der Waals surface area contributed by atoms with Gasteiger partial charge in [0, 0.05) is 26.0 Å². The quantitative estimate of drug-likeness (QED) is 0.705. The lowest BCUT2D eigenvalue weighted by atomic mass is 10.2. The summed E-state index contributed by atoms with van der Waals surface area (Å²) in [5, 5.41) is 6.33. The van der Waals surface area contributed by atoms with Gasteiger partial charge in [0.25, 0.3) is 0 Å². The van der Waals surface area contributed by atoms with Crippen LogP contribution in [0.2, 0.25) is 5.02 Å². The summed E-state index contributed by atoms with van der Waals surface area (Å²) in [7, 11) is 2.01. The molecule has 1 atom stereocenters. The summed E-state index contributed by atoms with van der Waals surface area (Å²) in [6.07, 6.45) is 1.03. The SMILES string of the molecule is CNC(CSc1ccccc1Cl)Cc1sccc1Br. The zero-order chi connectivity index (χ0) is 13.7. The third kappa shape index (κ3) is 4.50. The molecule has 0 aliphatic rings. The van der Waals surface area contributed by atoms with Gasteiger partial charge in [0.15, 0.2) is 0 Å². The molecule has 1 unspecified atom stereocenters. The molecule has 19 heavy (non-hydrogen) atoms. The molecule has 1 heterocycles. The van der Waals surface area contributed by atoms with Crippen LogP contribution in [-0.2, 0) is 6.42 Å². The van der Waals surface area contributed by atoms with Crippen molar-refractivity contribution in [2.45, 2.75) is 17.4 Å². The van der Waals surface area contributed by atoms with E-state index in [1.54, 1.807) is 23.1 Å². The topological polar surface area (TPSA) is 12.0 Å². The predicted molar refractivity (Wildman–Crippen MR) is 90.7 cm³/mol. The Morgan fingerprint density at radius 2 is 2.16 bits per heavy atom. The number of thioether (sulfide) groups is 1. The zero-order valence-electron chi connectivity index (χ0n) is 10.5. The molecule has 1 aromatic heterocycles. The second-order valence-corrected chi connectivity index (χ2v) is 7.45. The first-order valence-corrected chi connectivity index (χ1v) is 9.00. The van der Waals surface area contributed by atoms with Crippen LogP contribution in [0.15, 0.2) is 45.1 Å². The molecule has 0 saturated carbocycles. The third-order valence-corrected chi connectivity index (χ3v) is 6.43. The number of likely N-dealkylation sites (N-methyl/N-ethyl adjacent to an activating group) is 1. The van der Waals surface area contributed by atoms with Gasteiger partial charge in [0.1, 0.15) is 0 Å². The molecular weight excluding hydrogens is 362 g/mol. The molecule has 0 spiro atoms. The number of thiophene rings is 1. The summed E-state index contributed by atoms with van der Waals surface area (Å²) < 4.78 is 1.21. The van der Waals surface area contributed by atoms with Gasteiger partial charge in [0.2, 0.25) is 0 Å². The van der Waals surface area contributed by atoms with E-state index in [4.69, 9.17) is 11.6 Å². The molecule has 0 fully saturated rings. The molecule has 0 saturated heterocycles. The smallest absolute Gasteiger partial charge is 0.0541 e. The van der Waals surface area contributed by atoms with Gasteiger partial charge < -0.3 is 5.32 Å². The predicted octanol–water partition coefficient (Wildman–Crippen LogP) is 5.09. The molecule has 2 rings (SSSR count). The Hall–Kier alpha value is -0.000000000000000111. The van der Waals surface area contributed by atoms with Crippen LogP contribution in [0.25, 0.3) is 0 Å². The lowest BCUT2D eigenvalue weighted by Gasteiger charge is -2.15. The Kier molecular flexibility index (Phi) is 6.23. The zero-order valence-corrected chi connectivity index (χ0v) is 14.5. The Labute approximate surface area is 135 Å².